The van der Waals surface area contributed by atoms with Crippen LogP contribution in [0.3, 0.4) is 0 Å². The number of aromatic hydroxyl groups is 9. The van der Waals surface area contributed by atoms with Gasteiger partial charge in [-0.25, -0.2) is 0 Å². The quantitative estimate of drug-likeness (QED) is 0.0669. The Bertz CT molecular complexity index is 2890. The number of para-hydroxylation sites is 3. The summed E-state index contributed by atoms with van der Waals surface area (Å²) in [4.78, 5) is 0. The summed E-state index contributed by atoms with van der Waals surface area (Å²) >= 11 is 0. The largest absolute Gasteiger partial charge is 0.508 e. The molecule has 0 saturated carbocycles. The summed E-state index contributed by atoms with van der Waals surface area (Å²) in [7, 11) is 0. The highest BCUT2D eigenvalue weighted by Gasteiger charge is 2.28. The molecule has 0 saturated heterocycles. The van der Waals surface area contributed by atoms with Crippen LogP contribution in [0.15, 0.2) is 249 Å². The highest BCUT2D eigenvalue weighted by atomic mass is 16.3. The van der Waals surface area contributed by atoms with Gasteiger partial charge in [0, 0.05) is 17.8 Å². The highest BCUT2D eigenvalue weighted by molar-refractivity contribution is 5.49. The molecule has 462 valence electrons. The molecule has 0 aliphatic rings. The van der Waals surface area contributed by atoms with Crippen LogP contribution in [0.2, 0.25) is 0 Å². The topological polar surface area (TPSA) is 182 Å². The van der Waals surface area contributed by atoms with Gasteiger partial charge in [0.2, 0.25) is 0 Å². The van der Waals surface area contributed by atoms with E-state index in [4.69, 9.17) is 15.3 Å². The fraction of sp³-hybridized carbons (Fsp3) is 0.231. The molecule has 9 nitrogen and oxygen atoms in total. The molecule has 0 radical (unpaired) electrons. The molecular weight excluding hydrogens is 1080 g/mol. The molecule has 0 unspecified atom stereocenters. The minimum absolute atomic E-state index is 0.0711. The molecule has 0 aromatic heterocycles. The van der Waals surface area contributed by atoms with Crippen molar-refractivity contribution in [3.8, 4) is 51.7 Å². The Morgan fingerprint density at radius 3 is 0.598 bits per heavy atom. The van der Waals surface area contributed by atoms with E-state index in [1.807, 2.05) is 171 Å². The first-order valence-corrected chi connectivity index (χ1v) is 30.0. The first-order chi connectivity index (χ1) is 42.0. The molecule has 10 aromatic rings. The van der Waals surface area contributed by atoms with E-state index >= 15 is 0 Å². The van der Waals surface area contributed by atoms with Crippen LogP contribution in [0, 0.1) is 20.8 Å². The van der Waals surface area contributed by atoms with Crippen molar-refractivity contribution >= 4 is 0 Å². The lowest BCUT2D eigenvalue weighted by Gasteiger charge is -2.29. The SMILES string of the molecule is CC.CC.CC.CCC.CCC.Cc1ccc(C(c2ccc(O)cc2)c2ccc(O)cc2)cc1.Cc1ccccc1O.Cc1ccccc1O.Oc1ccc(C(c2ccc(O)cc2)C(c2ccc(O)cc2)c2ccc(O)cc2)cc1.Oc1ccccc1. The van der Waals surface area contributed by atoms with E-state index in [2.05, 4.69) is 58.9 Å². The van der Waals surface area contributed by atoms with E-state index in [1.54, 1.807) is 109 Å². The molecule has 10 rings (SSSR count). The summed E-state index contributed by atoms with van der Waals surface area (Å²) in [5.74, 6) is 2.13. The molecule has 0 aliphatic carbocycles. The van der Waals surface area contributed by atoms with Crippen molar-refractivity contribution in [2.24, 2.45) is 0 Å². The van der Waals surface area contributed by atoms with Gasteiger partial charge in [-0.15, -0.1) is 0 Å². The Labute approximate surface area is 520 Å². The van der Waals surface area contributed by atoms with Crippen LogP contribution < -0.4 is 0 Å². The van der Waals surface area contributed by atoms with Gasteiger partial charge in [-0.3, -0.25) is 0 Å². The molecule has 0 amide bonds. The van der Waals surface area contributed by atoms with Crippen molar-refractivity contribution in [2.45, 2.75) is 121 Å². The fourth-order valence-electron chi connectivity index (χ4n) is 8.11. The van der Waals surface area contributed by atoms with Gasteiger partial charge in [0.25, 0.3) is 0 Å². The lowest BCUT2D eigenvalue weighted by Crippen LogP contribution is -2.14. The zero-order valence-corrected chi connectivity index (χ0v) is 53.3. The van der Waals surface area contributed by atoms with E-state index < -0.39 is 0 Å². The summed E-state index contributed by atoms with van der Waals surface area (Å²) in [6, 6.07) is 74.6. The molecule has 0 bridgehead atoms. The zero-order valence-electron chi connectivity index (χ0n) is 53.3. The number of rotatable bonds is 8. The molecule has 0 heterocycles. The summed E-state index contributed by atoms with van der Waals surface area (Å²) in [5.41, 5.74) is 10.4. The van der Waals surface area contributed by atoms with Gasteiger partial charge in [-0.1, -0.05) is 239 Å². The summed E-state index contributed by atoms with van der Waals surface area (Å²) in [5, 5.41) is 84.7. The minimum atomic E-state index is -0.139. The van der Waals surface area contributed by atoms with Gasteiger partial charge in [0.15, 0.2) is 0 Å². The standard InChI is InChI=1S/C26H22O4.C20H18O2.2C7H8O.C6H6O.2C3H8.3C2H6/c27-21-9-1-17(2-10-21)25(18-3-11-22(28)12-4-18)26(19-5-13-23(29)14-6-19)20-7-15-24(30)16-8-20;1-14-2-4-15(5-3-14)20(16-6-10-18(21)11-7-16)17-8-12-19(22)13-9-17;2*1-6-4-2-3-5-7(6)8;7-6-4-2-1-3-5-6;2*1-3-2;3*1-2/h1-16,25-30H;2-13,20-22H,1H3;2*2-5,8H,1H3;1-5,7H;2*3H2,1-2H3;3*1-2H3. The Morgan fingerprint density at radius 1 is 0.230 bits per heavy atom. The van der Waals surface area contributed by atoms with E-state index in [9.17, 15) is 30.6 Å². The normalized spacial score (nSPS) is 9.56. The Morgan fingerprint density at radius 2 is 0.414 bits per heavy atom. The number of hydrogen-bond acceptors (Lipinski definition) is 9. The fourth-order valence-corrected chi connectivity index (χ4v) is 8.11. The van der Waals surface area contributed by atoms with E-state index in [0.29, 0.717) is 17.2 Å². The average molecular weight is 1180 g/mol. The maximum absolute atomic E-state index is 9.79. The molecule has 9 N–H and O–H groups in total. The predicted molar refractivity (Wildman–Crippen MR) is 364 cm³/mol. The van der Waals surface area contributed by atoms with E-state index in [-0.39, 0.29) is 52.3 Å². The third-order valence-corrected chi connectivity index (χ3v) is 12.2. The van der Waals surface area contributed by atoms with E-state index in [1.165, 1.54) is 24.0 Å². The Balaban J connectivity index is 0.000000575. The summed E-state index contributed by atoms with van der Waals surface area (Å²) in [6.07, 6.45) is 2.50. The number of phenolic OH excluding ortho intramolecular Hbond substituents is 9. The van der Waals surface area contributed by atoms with Gasteiger partial charge >= 0.3 is 0 Å². The van der Waals surface area contributed by atoms with Crippen molar-refractivity contribution in [2.75, 3.05) is 0 Å². The Kier molecular flexibility index (Phi) is 38.1. The second-order valence-corrected chi connectivity index (χ2v) is 19.2. The van der Waals surface area contributed by atoms with Crippen LogP contribution in [-0.2, 0) is 0 Å². The van der Waals surface area contributed by atoms with Crippen LogP contribution in [0.1, 0.15) is 155 Å². The van der Waals surface area contributed by atoms with Gasteiger partial charge < -0.3 is 46.0 Å². The molecule has 0 aliphatic heterocycles. The smallest absolute Gasteiger partial charge is 0.118 e. The van der Waals surface area contributed by atoms with Gasteiger partial charge in [0.05, 0.1) is 0 Å². The first-order valence-electron chi connectivity index (χ1n) is 30.0. The number of aryl methyl sites for hydroxylation is 3. The monoisotopic (exact) mass is 1180 g/mol. The highest BCUT2D eigenvalue weighted by Crippen LogP contribution is 2.44. The maximum atomic E-state index is 9.79. The van der Waals surface area contributed by atoms with Crippen molar-refractivity contribution in [1.29, 1.82) is 0 Å². The van der Waals surface area contributed by atoms with Crippen LogP contribution in [0.25, 0.3) is 0 Å². The number of benzene rings is 10. The van der Waals surface area contributed by atoms with Crippen LogP contribution in [-0.4, -0.2) is 46.0 Å². The van der Waals surface area contributed by atoms with Crippen LogP contribution in [0.5, 0.6) is 51.7 Å². The molecule has 87 heavy (non-hydrogen) atoms. The molecule has 0 spiro atoms. The van der Waals surface area contributed by atoms with Crippen molar-refractivity contribution in [1.82, 2.24) is 0 Å². The molecule has 0 fully saturated rings. The molecule has 9 heteroatoms. The third kappa shape index (κ3) is 28.2. The molecular formula is C78H96O9. The maximum Gasteiger partial charge on any atom is 0.118 e. The number of hydrogen-bond donors (Lipinski definition) is 9. The lowest BCUT2D eigenvalue weighted by atomic mass is 9.73. The second-order valence-electron chi connectivity index (χ2n) is 19.2. The zero-order chi connectivity index (χ0) is 65.1. The lowest BCUT2D eigenvalue weighted by molar-refractivity contribution is 0.470. The van der Waals surface area contributed by atoms with Gasteiger partial charge in [0.1, 0.15) is 51.7 Å². The average Bonchev–Trinajstić information content (AvgIpc) is 3.73. The number of phenols is 9. The second kappa shape index (κ2) is 44.0. The van der Waals surface area contributed by atoms with Gasteiger partial charge in [-0.05, 0) is 168 Å². The minimum Gasteiger partial charge on any atom is -0.508 e. The molecule has 0 atom stereocenters. The van der Waals surface area contributed by atoms with Crippen molar-refractivity contribution in [3.05, 3.63) is 304 Å². The van der Waals surface area contributed by atoms with Crippen LogP contribution >= 0.6 is 0 Å². The van der Waals surface area contributed by atoms with Crippen molar-refractivity contribution in [3.63, 3.8) is 0 Å². The summed E-state index contributed by atoms with van der Waals surface area (Å²) < 4.78 is 0. The van der Waals surface area contributed by atoms with Crippen molar-refractivity contribution < 1.29 is 46.0 Å². The predicted octanol–water partition coefficient (Wildman–Crippen LogP) is 20.8. The van der Waals surface area contributed by atoms with E-state index in [0.717, 1.165) is 44.5 Å². The Hall–Kier alpha value is -9.60. The first kappa shape index (κ1) is 75.4. The molecule has 10 aromatic carbocycles. The summed E-state index contributed by atoms with van der Waals surface area (Å²) in [6.45, 7) is 26.3. The van der Waals surface area contributed by atoms with Gasteiger partial charge in [-0.2, -0.15) is 0 Å². The third-order valence-electron chi connectivity index (χ3n) is 12.2. The van der Waals surface area contributed by atoms with Crippen LogP contribution in [0.4, 0.5) is 0 Å².